The first kappa shape index (κ1) is 24.4. The second-order valence-electron chi connectivity index (χ2n) is 6.47. The van der Waals surface area contributed by atoms with Gasteiger partial charge in [-0.3, -0.25) is 9.63 Å². The standard InChI is InChI=1S/C18H29N3O8/c1-12-9-17(13(2)14(3)18(12)24)27-11-16(23)10-19-5-6-20(15(4)22)28-7-8-29-21(25)26/h9,16,19,23-24H,5-8,10-11H2,1-4H3. The number of aliphatic hydroxyl groups is 1. The Morgan fingerprint density at radius 1 is 1.31 bits per heavy atom. The quantitative estimate of drug-likeness (QED) is 0.240. The van der Waals surface area contributed by atoms with Crippen LogP contribution in [0, 0.1) is 30.9 Å². The van der Waals surface area contributed by atoms with Crippen LogP contribution >= 0.6 is 0 Å². The molecule has 1 amide bonds. The first-order valence-electron chi connectivity index (χ1n) is 9.13. The van der Waals surface area contributed by atoms with E-state index in [4.69, 9.17) is 9.57 Å². The fourth-order valence-corrected chi connectivity index (χ4v) is 2.45. The van der Waals surface area contributed by atoms with Crippen molar-refractivity contribution in [2.75, 3.05) is 39.5 Å². The van der Waals surface area contributed by atoms with Crippen molar-refractivity contribution in [3.63, 3.8) is 0 Å². The molecule has 1 aromatic carbocycles. The molecule has 0 aliphatic rings. The molecule has 0 heterocycles. The number of aryl methyl sites for hydroxylation is 1. The largest absolute Gasteiger partial charge is 0.507 e. The molecule has 164 valence electrons. The monoisotopic (exact) mass is 415 g/mol. The Kier molecular flexibility index (Phi) is 10.1. The molecule has 0 radical (unpaired) electrons. The maximum atomic E-state index is 11.5. The lowest BCUT2D eigenvalue weighted by atomic mass is 10.0. The number of hydroxylamine groups is 2. The van der Waals surface area contributed by atoms with E-state index in [1.54, 1.807) is 19.9 Å². The van der Waals surface area contributed by atoms with Gasteiger partial charge in [-0.2, -0.15) is 0 Å². The van der Waals surface area contributed by atoms with Crippen molar-refractivity contribution in [1.29, 1.82) is 0 Å². The first-order chi connectivity index (χ1) is 13.6. The number of carbonyl (C=O) groups excluding carboxylic acids is 1. The van der Waals surface area contributed by atoms with E-state index in [1.807, 2.05) is 6.92 Å². The van der Waals surface area contributed by atoms with Crippen LogP contribution in [0.25, 0.3) is 0 Å². The van der Waals surface area contributed by atoms with Crippen LogP contribution in [-0.4, -0.2) is 71.8 Å². The molecule has 11 nitrogen and oxygen atoms in total. The highest BCUT2D eigenvalue weighted by Crippen LogP contribution is 2.31. The van der Waals surface area contributed by atoms with Gasteiger partial charge in [-0.25, -0.2) is 5.06 Å². The Labute approximate surface area is 169 Å². The minimum Gasteiger partial charge on any atom is -0.507 e. The summed E-state index contributed by atoms with van der Waals surface area (Å²) < 4.78 is 5.66. The summed E-state index contributed by atoms with van der Waals surface area (Å²) in [5, 5.41) is 33.1. The van der Waals surface area contributed by atoms with E-state index < -0.39 is 11.2 Å². The molecule has 0 spiro atoms. The van der Waals surface area contributed by atoms with Gasteiger partial charge in [-0.1, -0.05) is 0 Å². The summed E-state index contributed by atoms with van der Waals surface area (Å²) in [6, 6.07) is 1.72. The fourth-order valence-electron chi connectivity index (χ4n) is 2.45. The molecule has 1 rings (SSSR count). The molecule has 29 heavy (non-hydrogen) atoms. The van der Waals surface area contributed by atoms with E-state index in [-0.39, 0.29) is 44.6 Å². The Morgan fingerprint density at radius 2 is 2.00 bits per heavy atom. The number of nitrogens with one attached hydrogen (secondary N) is 1. The number of rotatable bonds is 13. The predicted molar refractivity (Wildman–Crippen MR) is 103 cm³/mol. The van der Waals surface area contributed by atoms with Crippen molar-refractivity contribution in [2.24, 2.45) is 0 Å². The summed E-state index contributed by atoms with van der Waals surface area (Å²) in [4.78, 5) is 30.8. The summed E-state index contributed by atoms with van der Waals surface area (Å²) in [6.45, 7) is 7.11. The number of hydrogen-bond donors (Lipinski definition) is 3. The minimum absolute atomic E-state index is 0.0582. The summed E-state index contributed by atoms with van der Waals surface area (Å²) in [6.07, 6.45) is -0.788. The highest BCUT2D eigenvalue weighted by Gasteiger charge is 2.13. The average Bonchev–Trinajstić information content (AvgIpc) is 2.66. The Morgan fingerprint density at radius 3 is 2.62 bits per heavy atom. The summed E-state index contributed by atoms with van der Waals surface area (Å²) in [5.74, 6) is 0.481. The van der Waals surface area contributed by atoms with Gasteiger partial charge in [0, 0.05) is 20.0 Å². The number of ether oxygens (including phenoxy) is 1. The minimum atomic E-state index is -0.936. The molecule has 0 aliphatic heterocycles. The van der Waals surface area contributed by atoms with Gasteiger partial charge in [-0.15, -0.1) is 10.1 Å². The maximum Gasteiger partial charge on any atom is 0.294 e. The zero-order chi connectivity index (χ0) is 22.0. The van der Waals surface area contributed by atoms with Gasteiger partial charge in [0.2, 0.25) is 5.91 Å². The molecule has 1 unspecified atom stereocenters. The predicted octanol–water partition coefficient (Wildman–Crippen LogP) is 0.635. The van der Waals surface area contributed by atoms with Gasteiger partial charge in [0.25, 0.3) is 5.09 Å². The summed E-state index contributed by atoms with van der Waals surface area (Å²) >= 11 is 0. The topological polar surface area (TPSA) is 144 Å². The van der Waals surface area contributed by atoms with E-state index >= 15 is 0 Å². The van der Waals surface area contributed by atoms with E-state index in [0.29, 0.717) is 17.9 Å². The van der Waals surface area contributed by atoms with Crippen molar-refractivity contribution in [2.45, 2.75) is 33.8 Å². The zero-order valence-electron chi connectivity index (χ0n) is 17.1. The summed E-state index contributed by atoms with van der Waals surface area (Å²) in [5.41, 5.74) is 2.24. The Hall–Kier alpha value is -2.63. The maximum absolute atomic E-state index is 11.5. The SMILES string of the molecule is CC(=O)N(CCNCC(O)COc1cc(C)c(O)c(C)c1C)OCCO[N+](=O)[O-]. The van der Waals surface area contributed by atoms with Crippen LogP contribution < -0.4 is 10.1 Å². The van der Waals surface area contributed by atoms with Gasteiger partial charge in [0.1, 0.15) is 30.8 Å². The van der Waals surface area contributed by atoms with Crippen molar-refractivity contribution < 1.29 is 34.5 Å². The third-order valence-corrected chi connectivity index (χ3v) is 4.19. The normalized spacial score (nSPS) is 11.8. The highest BCUT2D eigenvalue weighted by atomic mass is 17.0. The molecule has 0 fully saturated rings. The molecule has 0 saturated carbocycles. The number of nitrogens with zero attached hydrogens (tertiary/aromatic N) is 2. The number of phenolic OH excluding ortho intramolecular Hbond substituents is 1. The molecule has 0 aromatic heterocycles. The fraction of sp³-hybridized carbons (Fsp3) is 0.611. The Bertz CT molecular complexity index is 698. The van der Waals surface area contributed by atoms with E-state index in [2.05, 4.69) is 10.2 Å². The van der Waals surface area contributed by atoms with E-state index in [9.17, 15) is 25.1 Å². The van der Waals surface area contributed by atoms with Crippen LogP contribution in [-0.2, 0) is 14.5 Å². The van der Waals surface area contributed by atoms with Gasteiger partial charge in [-0.05, 0) is 43.5 Å². The van der Waals surface area contributed by atoms with Gasteiger partial charge < -0.3 is 25.1 Å². The molecular weight excluding hydrogens is 386 g/mol. The van der Waals surface area contributed by atoms with Crippen molar-refractivity contribution in [1.82, 2.24) is 10.4 Å². The van der Waals surface area contributed by atoms with Crippen molar-refractivity contribution in [3.05, 3.63) is 32.9 Å². The second-order valence-corrected chi connectivity index (χ2v) is 6.47. The number of phenols is 1. The molecular formula is C18H29N3O8. The summed E-state index contributed by atoms with van der Waals surface area (Å²) in [7, 11) is 0. The molecule has 3 N–H and O–H groups in total. The van der Waals surface area contributed by atoms with Crippen LogP contribution in [0.4, 0.5) is 0 Å². The number of amides is 1. The van der Waals surface area contributed by atoms with Gasteiger partial charge in [0.05, 0.1) is 13.2 Å². The number of benzene rings is 1. The number of hydrogen-bond acceptors (Lipinski definition) is 9. The van der Waals surface area contributed by atoms with Crippen LogP contribution in [0.3, 0.4) is 0 Å². The highest BCUT2D eigenvalue weighted by molar-refractivity contribution is 5.71. The van der Waals surface area contributed by atoms with Crippen LogP contribution in [0.2, 0.25) is 0 Å². The van der Waals surface area contributed by atoms with Gasteiger partial charge in [0.15, 0.2) is 0 Å². The third-order valence-electron chi connectivity index (χ3n) is 4.19. The van der Waals surface area contributed by atoms with E-state index in [1.165, 1.54) is 6.92 Å². The number of aromatic hydroxyl groups is 1. The molecule has 0 bridgehead atoms. The van der Waals surface area contributed by atoms with Crippen molar-refractivity contribution in [3.8, 4) is 11.5 Å². The molecule has 0 saturated heterocycles. The Balaban J connectivity index is 2.33. The van der Waals surface area contributed by atoms with Crippen LogP contribution in [0.1, 0.15) is 23.6 Å². The lowest BCUT2D eigenvalue weighted by Crippen LogP contribution is -2.39. The van der Waals surface area contributed by atoms with Crippen LogP contribution in [0.15, 0.2) is 6.07 Å². The number of aliphatic hydroxyl groups excluding tert-OH is 1. The van der Waals surface area contributed by atoms with Crippen molar-refractivity contribution >= 4 is 5.91 Å². The second kappa shape index (κ2) is 12.0. The molecule has 1 aromatic rings. The number of carbonyl (C=O) groups is 1. The zero-order valence-corrected chi connectivity index (χ0v) is 17.1. The van der Waals surface area contributed by atoms with Gasteiger partial charge >= 0.3 is 0 Å². The first-order valence-corrected chi connectivity index (χ1v) is 9.13. The smallest absolute Gasteiger partial charge is 0.294 e. The lowest BCUT2D eigenvalue weighted by Gasteiger charge is -2.21. The lowest BCUT2D eigenvalue weighted by molar-refractivity contribution is -0.758. The molecule has 11 heteroatoms. The molecule has 0 aliphatic carbocycles. The third kappa shape index (κ3) is 8.50. The average molecular weight is 415 g/mol. The molecule has 1 atom stereocenters. The van der Waals surface area contributed by atoms with Crippen LogP contribution in [0.5, 0.6) is 11.5 Å². The van der Waals surface area contributed by atoms with E-state index in [0.717, 1.165) is 16.2 Å².